The number of carbonyl (C=O) groups is 1. The lowest BCUT2D eigenvalue weighted by Gasteiger charge is -2.41. The van der Waals surface area contributed by atoms with Gasteiger partial charge in [-0.1, -0.05) is 6.42 Å². The van der Waals surface area contributed by atoms with Crippen molar-refractivity contribution in [3.63, 3.8) is 0 Å². The van der Waals surface area contributed by atoms with E-state index in [2.05, 4.69) is 0 Å². The highest BCUT2D eigenvalue weighted by Gasteiger charge is 2.42. The Morgan fingerprint density at radius 2 is 1.86 bits per heavy atom. The molecule has 6 heteroatoms. The fourth-order valence-corrected chi connectivity index (χ4v) is 6.05. The number of hydrogen-bond acceptors (Lipinski definition) is 4. The molecule has 21 heavy (non-hydrogen) atoms. The van der Waals surface area contributed by atoms with Gasteiger partial charge in [0.2, 0.25) is 5.91 Å². The molecule has 1 saturated carbocycles. The number of likely N-dealkylation sites (tertiary alicyclic amines) is 1. The van der Waals surface area contributed by atoms with Gasteiger partial charge in [0.1, 0.15) is 0 Å². The molecule has 1 aliphatic carbocycles. The number of carbonyl (C=O) groups excluding carboxylic acids is 1. The first-order valence-corrected chi connectivity index (χ1v) is 9.99. The highest BCUT2D eigenvalue weighted by molar-refractivity contribution is 7.91. The summed E-state index contributed by atoms with van der Waals surface area (Å²) in [5.41, 5.74) is 0. The number of aliphatic hydroxyl groups excluding tert-OH is 1. The minimum Gasteiger partial charge on any atom is -0.393 e. The van der Waals surface area contributed by atoms with Crippen molar-refractivity contribution in [2.24, 2.45) is 11.8 Å². The van der Waals surface area contributed by atoms with Crippen molar-refractivity contribution in [2.45, 2.75) is 57.1 Å². The molecular weight excluding hydrogens is 290 g/mol. The van der Waals surface area contributed by atoms with Crippen LogP contribution in [0, 0.1) is 11.8 Å². The van der Waals surface area contributed by atoms with Gasteiger partial charge in [0.25, 0.3) is 0 Å². The number of hydrogen-bond donors (Lipinski definition) is 1. The zero-order valence-corrected chi connectivity index (χ0v) is 13.2. The minimum atomic E-state index is -3.02. The summed E-state index contributed by atoms with van der Waals surface area (Å²) in [6, 6.07) is 0.118. The van der Waals surface area contributed by atoms with Crippen LogP contribution in [-0.2, 0) is 14.6 Å². The third-order valence-electron chi connectivity index (χ3n) is 5.44. The summed E-state index contributed by atoms with van der Waals surface area (Å²) in [5.74, 6) is 0.0113. The zero-order valence-electron chi connectivity index (χ0n) is 12.4. The topological polar surface area (TPSA) is 74.7 Å². The summed E-state index contributed by atoms with van der Waals surface area (Å²) in [5, 5.41) is 10.2. The first-order valence-electron chi connectivity index (χ1n) is 8.17. The molecule has 2 aliphatic heterocycles. The molecule has 5 nitrogen and oxygen atoms in total. The van der Waals surface area contributed by atoms with Gasteiger partial charge >= 0.3 is 0 Å². The smallest absolute Gasteiger partial charge is 0.227 e. The van der Waals surface area contributed by atoms with Crippen molar-refractivity contribution < 1.29 is 18.3 Å². The van der Waals surface area contributed by atoms with Crippen molar-refractivity contribution in [3.8, 4) is 0 Å². The molecule has 120 valence electrons. The molecule has 2 heterocycles. The number of rotatable bonds is 2. The van der Waals surface area contributed by atoms with Gasteiger partial charge < -0.3 is 10.0 Å². The lowest BCUT2D eigenvalue weighted by molar-refractivity contribution is -0.140. The number of amides is 1. The minimum absolute atomic E-state index is 0.0138. The molecule has 0 radical (unpaired) electrons. The first-order chi connectivity index (χ1) is 9.98. The molecule has 3 rings (SSSR count). The zero-order chi connectivity index (χ0) is 15.0. The Bertz CT molecular complexity index is 504. The molecule has 3 fully saturated rings. The highest BCUT2D eigenvalue weighted by atomic mass is 32.2. The third-order valence-corrected chi connectivity index (χ3v) is 7.21. The summed E-state index contributed by atoms with van der Waals surface area (Å²) in [7, 11) is -3.02. The van der Waals surface area contributed by atoms with Gasteiger partial charge in [0.15, 0.2) is 9.84 Å². The maximum absolute atomic E-state index is 12.7. The molecule has 1 amide bonds. The van der Waals surface area contributed by atoms with Crippen LogP contribution in [0.15, 0.2) is 0 Å². The second-order valence-electron chi connectivity index (χ2n) is 6.86. The van der Waals surface area contributed by atoms with Crippen molar-refractivity contribution in [2.75, 3.05) is 18.1 Å². The molecule has 0 aromatic rings. The molecule has 1 N–H and O–H groups in total. The van der Waals surface area contributed by atoms with E-state index < -0.39 is 9.84 Å². The van der Waals surface area contributed by atoms with E-state index in [1.54, 1.807) is 0 Å². The van der Waals surface area contributed by atoms with Crippen molar-refractivity contribution in [1.82, 2.24) is 4.90 Å². The molecule has 0 spiro atoms. The SMILES string of the molecule is O=C(C1CCS(=O)(=O)C1)N1CCCCC1C1CCCC1O. The Balaban J connectivity index is 1.73. The summed E-state index contributed by atoms with van der Waals surface area (Å²) >= 11 is 0. The fourth-order valence-electron chi connectivity index (χ4n) is 4.32. The van der Waals surface area contributed by atoms with E-state index in [1.807, 2.05) is 4.90 Å². The van der Waals surface area contributed by atoms with Crippen LogP contribution in [0.25, 0.3) is 0 Å². The Kier molecular flexibility index (Phi) is 4.28. The van der Waals surface area contributed by atoms with E-state index >= 15 is 0 Å². The monoisotopic (exact) mass is 315 g/mol. The molecule has 0 bridgehead atoms. The molecular formula is C15H25NO4S. The third kappa shape index (κ3) is 3.11. The van der Waals surface area contributed by atoms with E-state index in [1.165, 1.54) is 0 Å². The van der Waals surface area contributed by atoms with Crippen LogP contribution < -0.4 is 0 Å². The molecule has 0 aromatic carbocycles. The first kappa shape index (κ1) is 15.3. The lowest BCUT2D eigenvalue weighted by Crippen LogP contribution is -2.51. The molecule has 2 saturated heterocycles. The van der Waals surface area contributed by atoms with Gasteiger partial charge in [-0.2, -0.15) is 0 Å². The van der Waals surface area contributed by atoms with Crippen LogP contribution in [0.4, 0.5) is 0 Å². The van der Waals surface area contributed by atoms with E-state index in [0.29, 0.717) is 6.42 Å². The summed E-state index contributed by atoms with van der Waals surface area (Å²) in [4.78, 5) is 14.7. The van der Waals surface area contributed by atoms with Crippen LogP contribution in [0.1, 0.15) is 44.9 Å². The summed E-state index contributed by atoms with van der Waals surface area (Å²) in [6.45, 7) is 0.725. The average Bonchev–Trinajstić information content (AvgIpc) is 3.03. The Morgan fingerprint density at radius 1 is 1.05 bits per heavy atom. The second kappa shape index (κ2) is 5.88. The summed E-state index contributed by atoms with van der Waals surface area (Å²) < 4.78 is 23.2. The number of piperidine rings is 1. The fraction of sp³-hybridized carbons (Fsp3) is 0.933. The van der Waals surface area contributed by atoms with E-state index in [9.17, 15) is 18.3 Å². The van der Waals surface area contributed by atoms with Crippen LogP contribution in [0.5, 0.6) is 0 Å². The van der Waals surface area contributed by atoms with E-state index in [4.69, 9.17) is 0 Å². The maximum atomic E-state index is 12.7. The van der Waals surface area contributed by atoms with Gasteiger partial charge in [-0.3, -0.25) is 4.79 Å². The number of aliphatic hydroxyl groups is 1. The maximum Gasteiger partial charge on any atom is 0.227 e. The van der Waals surface area contributed by atoms with E-state index in [-0.39, 0.29) is 41.4 Å². The average molecular weight is 315 g/mol. The van der Waals surface area contributed by atoms with Crippen LogP contribution in [0.3, 0.4) is 0 Å². The Labute approximate surface area is 126 Å². The molecule has 3 aliphatic rings. The Morgan fingerprint density at radius 3 is 2.48 bits per heavy atom. The standard InChI is InChI=1S/C15H25NO4S/c17-14-6-3-4-12(14)13-5-1-2-8-16(13)15(18)11-7-9-21(19,20)10-11/h11-14,17H,1-10H2. The quantitative estimate of drug-likeness (QED) is 0.824. The van der Waals surface area contributed by atoms with Crippen molar-refractivity contribution in [1.29, 1.82) is 0 Å². The molecule has 0 aromatic heterocycles. The van der Waals surface area contributed by atoms with Crippen LogP contribution in [-0.4, -0.2) is 54.5 Å². The predicted octanol–water partition coefficient (Wildman–Crippen LogP) is 0.963. The highest BCUT2D eigenvalue weighted by Crippen LogP contribution is 2.36. The number of nitrogens with zero attached hydrogens (tertiary/aromatic N) is 1. The van der Waals surface area contributed by atoms with Crippen molar-refractivity contribution >= 4 is 15.7 Å². The van der Waals surface area contributed by atoms with Crippen molar-refractivity contribution in [3.05, 3.63) is 0 Å². The van der Waals surface area contributed by atoms with Gasteiger partial charge in [0.05, 0.1) is 23.5 Å². The second-order valence-corrected chi connectivity index (χ2v) is 9.09. The summed E-state index contributed by atoms with van der Waals surface area (Å²) in [6.07, 6.45) is 6.06. The van der Waals surface area contributed by atoms with Crippen LogP contribution >= 0.6 is 0 Å². The van der Waals surface area contributed by atoms with Crippen LogP contribution in [0.2, 0.25) is 0 Å². The van der Waals surface area contributed by atoms with Gasteiger partial charge in [-0.05, 0) is 38.5 Å². The molecule has 4 unspecified atom stereocenters. The van der Waals surface area contributed by atoms with Gasteiger partial charge in [0, 0.05) is 18.5 Å². The largest absolute Gasteiger partial charge is 0.393 e. The number of sulfone groups is 1. The van der Waals surface area contributed by atoms with E-state index in [0.717, 1.165) is 45.1 Å². The predicted molar refractivity (Wildman–Crippen MR) is 79.5 cm³/mol. The van der Waals surface area contributed by atoms with Gasteiger partial charge in [-0.25, -0.2) is 8.42 Å². The Hall–Kier alpha value is -0.620. The van der Waals surface area contributed by atoms with Gasteiger partial charge in [-0.15, -0.1) is 0 Å². The lowest BCUT2D eigenvalue weighted by atomic mass is 9.87. The normalized spacial score (nSPS) is 39.6. The molecule has 4 atom stereocenters.